The van der Waals surface area contributed by atoms with Gasteiger partial charge >= 0.3 is 6.03 Å². The van der Waals surface area contributed by atoms with Crippen LogP contribution in [0.4, 0.5) is 16.3 Å². The Morgan fingerprint density at radius 3 is 2.56 bits per heavy atom. The minimum atomic E-state index is -0.411. The third-order valence-corrected chi connectivity index (χ3v) is 3.60. The lowest BCUT2D eigenvalue weighted by molar-refractivity contribution is 0.101. The van der Waals surface area contributed by atoms with Gasteiger partial charge in [-0.3, -0.25) is 14.8 Å². The summed E-state index contributed by atoms with van der Waals surface area (Å²) in [4.78, 5) is 23.5. The second-order valence-electron chi connectivity index (χ2n) is 5.60. The Hall–Kier alpha value is -3.41. The number of nitrogens with one attached hydrogen (secondary N) is 2. The minimum Gasteiger partial charge on any atom is -0.308 e. The number of hydrogen-bond donors (Lipinski definition) is 2. The van der Waals surface area contributed by atoms with E-state index >= 15 is 0 Å². The Bertz CT molecular complexity index is 887. The average Bonchev–Trinajstić information content (AvgIpc) is 3.02. The number of amides is 2. The second kappa shape index (κ2) is 7.44. The lowest BCUT2D eigenvalue weighted by Crippen LogP contribution is -2.20. The zero-order valence-corrected chi connectivity index (χ0v) is 13.8. The molecule has 3 rings (SSSR count). The maximum Gasteiger partial charge on any atom is 0.324 e. The van der Waals surface area contributed by atoms with Crippen molar-refractivity contribution in [1.82, 2.24) is 9.78 Å². The number of hydrogen-bond acceptors (Lipinski definition) is 3. The highest BCUT2D eigenvalue weighted by Crippen LogP contribution is 2.12. The van der Waals surface area contributed by atoms with Crippen molar-refractivity contribution in [3.05, 3.63) is 78.0 Å². The zero-order chi connectivity index (χ0) is 17.6. The molecule has 0 fully saturated rings. The van der Waals surface area contributed by atoms with Crippen molar-refractivity contribution in [1.29, 1.82) is 0 Å². The first-order chi connectivity index (χ1) is 12.1. The average molecular weight is 334 g/mol. The number of carbonyl (C=O) groups is 2. The molecule has 0 aliphatic carbocycles. The van der Waals surface area contributed by atoms with Crippen molar-refractivity contribution in [3.63, 3.8) is 0 Å². The van der Waals surface area contributed by atoms with Gasteiger partial charge in [0.25, 0.3) is 0 Å². The molecule has 3 aromatic rings. The van der Waals surface area contributed by atoms with Gasteiger partial charge in [0.1, 0.15) is 0 Å². The van der Waals surface area contributed by atoms with Crippen molar-refractivity contribution in [2.75, 3.05) is 10.6 Å². The number of anilines is 2. The summed E-state index contributed by atoms with van der Waals surface area (Å²) >= 11 is 0. The Morgan fingerprint density at radius 1 is 1.00 bits per heavy atom. The van der Waals surface area contributed by atoms with Gasteiger partial charge in [0.05, 0.1) is 6.54 Å². The van der Waals surface area contributed by atoms with Crippen LogP contribution in [-0.2, 0) is 6.54 Å². The molecule has 0 unspecified atom stereocenters. The highest BCUT2D eigenvalue weighted by molar-refractivity contribution is 6.00. The van der Waals surface area contributed by atoms with Crippen LogP contribution < -0.4 is 10.6 Å². The van der Waals surface area contributed by atoms with Gasteiger partial charge in [-0.05, 0) is 24.6 Å². The van der Waals surface area contributed by atoms with E-state index in [9.17, 15) is 9.59 Å². The van der Waals surface area contributed by atoms with Crippen LogP contribution in [0.15, 0.2) is 66.9 Å². The van der Waals surface area contributed by atoms with Crippen LogP contribution in [0.1, 0.15) is 22.8 Å². The van der Waals surface area contributed by atoms with Crippen molar-refractivity contribution >= 4 is 23.3 Å². The molecule has 0 atom stereocenters. The van der Waals surface area contributed by atoms with E-state index < -0.39 is 6.03 Å². The van der Waals surface area contributed by atoms with Gasteiger partial charge in [-0.2, -0.15) is 5.10 Å². The molecule has 1 aromatic heterocycles. The van der Waals surface area contributed by atoms with Crippen molar-refractivity contribution in [2.45, 2.75) is 13.5 Å². The number of carbonyl (C=O) groups excluding carboxylic acids is 2. The summed E-state index contributed by atoms with van der Waals surface area (Å²) in [6.07, 6.45) is 1.80. The number of Topliss-reactive ketones (excluding diaryl/α,β-unsaturated/α-hetero) is 1. The predicted molar refractivity (Wildman–Crippen MR) is 96.9 cm³/mol. The van der Waals surface area contributed by atoms with E-state index in [1.165, 1.54) is 6.92 Å². The molecule has 6 nitrogen and oxygen atoms in total. The standard InChI is InChI=1S/C19H18N4O2/c1-14(24)16-8-5-9-17(12-16)20-19(25)21-18-10-11-23(22-18)13-15-6-3-2-4-7-15/h2-12H,13H2,1H3,(H2,20,21,22,25). The predicted octanol–water partition coefficient (Wildman–Crippen LogP) is 3.78. The number of ketones is 1. The van der Waals surface area contributed by atoms with E-state index in [1.807, 2.05) is 30.3 Å². The molecule has 0 radical (unpaired) electrons. The van der Waals surface area contributed by atoms with Crippen molar-refractivity contribution in [3.8, 4) is 0 Å². The lowest BCUT2D eigenvalue weighted by atomic mass is 10.1. The Kier molecular flexibility index (Phi) is 4.89. The number of urea groups is 1. The first-order valence-corrected chi connectivity index (χ1v) is 7.86. The van der Waals surface area contributed by atoms with Crippen LogP contribution in [0.3, 0.4) is 0 Å². The Labute approximate surface area is 145 Å². The number of nitrogens with zero attached hydrogens (tertiary/aromatic N) is 2. The lowest BCUT2D eigenvalue weighted by Gasteiger charge is -2.07. The summed E-state index contributed by atoms with van der Waals surface area (Å²) < 4.78 is 1.75. The van der Waals surface area contributed by atoms with Crippen LogP contribution in [-0.4, -0.2) is 21.6 Å². The van der Waals surface area contributed by atoms with Crippen LogP contribution in [0.2, 0.25) is 0 Å². The fourth-order valence-corrected chi connectivity index (χ4v) is 2.38. The molecule has 126 valence electrons. The first-order valence-electron chi connectivity index (χ1n) is 7.86. The summed E-state index contributed by atoms with van der Waals surface area (Å²) in [7, 11) is 0. The molecule has 2 amide bonds. The zero-order valence-electron chi connectivity index (χ0n) is 13.8. The van der Waals surface area contributed by atoms with E-state index in [4.69, 9.17) is 0 Å². The maximum absolute atomic E-state index is 12.1. The molecule has 6 heteroatoms. The highest BCUT2D eigenvalue weighted by atomic mass is 16.2. The van der Waals surface area contributed by atoms with E-state index in [0.717, 1.165) is 5.56 Å². The van der Waals surface area contributed by atoms with Crippen molar-refractivity contribution < 1.29 is 9.59 Å². The molecule has 0 saturated heterocycles. The van der Waals surface area contributed by atoms with Gasteiger partial charge < -0.3 is 5.32 Å². The van der Waals surface area contributed by atoms with Gasteiger partial charge in [0.15, 0.2) is 11.6 Å². The Morgan fingerprint density at radius 2 is 1.80 bits per heavy atom. The van der Waals surface area contributed by atoms with E-state index in [1.54, 1.807) is 41.2 Å². The van der Waals surface area contributed by atoms with E-state index in [-0.39, 0.29) is 5.78 Å². The molecule has 0 bridgehead atoms. The van der Waals surface area contributed by atoms with Crippen LogP contribution in [0.5, 0.6) is 0 Å². The van der Waals surface area contributed by atoms with Gasteiger partial charge in [-0.1, -0.05) is 42.5 Å². The SMILES string of the molecule is CC(=O)c1cccc(NC(=O)Nc2ccn(Cc3ccccc3)n2)c1. The highest BCUT2D eigenvalue weighted by Gasteiger charge is 2.07. The largest absolute Gasteiger partial charge is 0.324 e. The first kappa shape index (κ1) is 16.4. The molecule has 2 N–H and O–H groups in total. The fraction of sp³-hybridized carbons (Fsp3) is 0.105. The molecule has 25 heavy (non-hydrogen) atoms. The smallest absolute Gasteiger partial charge is 0.308 e. The number of benzene rings is 2. The molecule has 1 heterocycles. The molecule has 0 aliphatic heterocycles. The van der Waals surface area contributed by atoms with Gasteiger partial charge in [-0.15, -0.1) is 0 Å². The second-order valence-corrected chi connectivity index (χ2v) is 5.60. The molecule has 2 aromatic carbocycles. The van der Waals surface area contributed by atoms with Crippen LogP contribution >= 0.6 is 0 Å². The van der Waals surface area contributed by atoms with Gasteiger partial charge in [0.2, 0.25) is 0 Å². The summed E-state index contributed by atoms with van der Waals surface area (Å²) in [6.45, 7) is 2.11. The minimum absolute atomic E-state index is 0.0521. The Balaban J connectivity index is 1.60. The van der Waals surface area contributed by atoms with E-state index in [0.29, 0.717) is 23.6 Å². The van der Waals surface area contributed by atoms with E-state index in [2.05, 4.69) is 15.7 Å². The topological polar surface area (TPSA) is 76.0 Å². The molecule has 0 spiro atoms. The third-order valence-electron chi connectivity index (χ3n) is 3.60. The number of rotatable bonds is 5. The van der Waals surface area contributed by atoms with Gasteiger partial charge in [-0.25, -0.2) is 4.79 Å². The van der Waals surface area contributed by atoms with Crippen molar-refractivity contribution in [2.24, 2.45) is 0 Å². The monoisotopic (exact) mass is 334 g/mol. The van der Waals surface area contributed by atoms with Gasteiger partial charge in [0, 0.05) is 23.5 Å². The summed E-state index contributed by atoms with van der Waals surface area (Å²) in [5.41, 5.74) is 2.22. The normalized spacial score (nSPS) is 10.3. The maximum atomic E-state index is 12.1. The molecular weight excluding hydrogens is 316 g/mol. The fourth-order valence-electron chi connectivity index (χ4n) is 2.38. The van der Waals surface area contributed by atoms with Crippen LogP contribution in [0, 0.1) is 0 Å². The summed E-state index contributed by atoms with van der Waals surface area (Å²) in [6, 6.07) is 18.0. The molecule has 0 saturated carbocycles. The van der Waals surface area contributed by atoms with Crippen LogP contribution in [0.25, 0.3) is 0 Å². The molecular formula is C19H18N4O2. The number of aromatic nitrogens is 2. The molecule has 0 aliphatic rings. The third kappa shape index (κ3) is 4.54. The quantitative estimate of drug-likeness (QED) is 0.697. The summed E-state index contributed by atoms with van der Waals surface area (Å²) in [5.74, 6) is 0.403. The summed E-state index contributed by atoms with van der Waals surface area (Å²) in [5, 5.41) is 9.69.